The van der Waals surface area contributed by atoms with E-state index in [1.807, 2.05) is 11.0 Å². The summed E-state index contributed by atoms with van der Waals surface area (Å²) in [7, 11) is 1.25. The van der Waals surface area contributed by atoms with Crippen molar-refractivity contribution in [2.75, 3.05) is 24.3 Å². The van der Waals surface area contributed by atoms with E-state index >= 15 is 0 Å². The monoisotopic (exact) mass is 277 g/mol. The SMILES string of the molecule is COC(=O)c1cc(N(CCC#N)C2CC2)c(F)cc1N. The Morgan fingerprint density at radius 1 is 1.60 bits per heavy atom. The Morgan fingerprint density at radius 3 is 2.85 bits per heavy atom. The fourth-order valence-corrected chi connectivity index (χ4v) is 2.14. The molecule has 0 aromatic heterocycles. The van der Waals surface area contributed by atoms with Crippen molar-refractivity contribution in [3.05, 3.63) is 23.5 Å². The van der Waals surface area contributed by atoms with Gasteiger partial charge in [0.15, 0.2) is 0 Å². The van der Waals surface area contributed by atoms with Crippen molar-refractivity contribution < 1.29 is 13.9 Å². The van der Waals surface area contributed by atoms with Crippen LogP contribution in [0.15, 0.2) is 12.1 Å². The summed E-state index contributed by atoms with van der Waals surface area (Å²) in [6.07, 6.45) is 2.22. The number of rotatable bonds is 5. The minimum Gasteiger partial charge on any atom is -0.465 e. The second-order valence-electron chi connectivity index (χ2n) is 4.72. The minimum absolute atomic E-state index is 0.0501. The summed E-state index contributed by atoms with van der Waals surface area (Å²) in [6.45, 7) is 0.433. The average molecular weight is 277 g/mol. The molecule has 0 amide bonds. The second-order valence-corrected chi connectivity index (χ2v) is 4.72. The minimum atomic E-state index is -0.597. The normalized spacial score (nSPS) is 13.7. The number of benzene rings is 1. The number of methoxy groups -OCH3 is 1. The molecule has 0 heterocycles. The summed E-state index contributed by atoms with van der Waals surface area (Å²) in [5.41, 5.74) is 6.15. The zero-order valence-electron chi connectivity index (χ0n) is 11.2. The number of hydrogen-bond acceptors (Lipinski definition) is 5. The van der Waals surface area contributed by atoms with Crippen LogP contribution in [0.25, 0.3) is 0 Å². The maximum atomic E-state index is 14.1. The van der Waals surface area contributed by atoms with Crippen molar-refractivity contribution in [1.82, 2.24) is 0 Å². The van der Waals surface area contributed by atoms with Gasteiger partial charge in [-0.15, -0.1) is 0 Å². The van der Waals surface area contributed by atoms with Gasteiger partial charge in [-0.3, -0.25) is 0 Å². The predicted molar refractivity (Wildman–Crippen MR) is 72.7 cm³/mol. The fourth-order valence-electron chi connectivity index (χ4n) is 2.14. The van der Waals surface area contributed by atoms with Crippen molar-refractivity contribution in [3.63, 3.8) is 0 Å². The molecule has 0 bridgehead atoms. The topological polar surface area (TPSA) is 79.3 Å². The number of nitrogens with zero attached hydrogens (tertiary/aromatic N) is 2. The summed E-state index contributed by atoms with van der Waals surface area (Å²) < 4.78 is 18.7. The molecule has 0 unspecified atom stereocenters. The number of esters is 1. The number of carbonyl (C=O) groups excluding carboxylic acids is 1. The molecule has 0 spiro atoms. The number of nitrogens with two attached hydrogens (primary N) is 1. The van der Waals surface area contributed by atoms with Crippen LogP contribution in [0.4, 0.5) is 15.8 Å². The van der Waals surface area contributed by atoms with E-state index in [-0.39, 0.29) is 17.3 Å². The van der Waals surface area contributed by atoms with Crippen molar-refractivity contribution >= 4 is 17.3 Å². The number of ether oxygens (including phenoxy) is 1. The van der Waals surface area contributed by atoms with Crippen molar-refractivity contribution in [2.24, 2.45) is 0 Å². The number of nitrogen functional groups attached to an aromatic ring is 1. The first-order chi connectivity index (χ1) is 9.58. The van der Waals surface area contributed by atoms with Crippen LogP contribution in [-0.2, 0) is 4.74 Å². The summed E-state index contributed by atoms with van der Waals surface area (Å²) in [6, 6.07) is 4.82. The number of carbonyl (C=O) groups is 1. The van der Waals surface area contributed by atoms with Crippen LogP contribution in [0, 0.1) is 17.1 Å². The molecular weight excluding hydrogens is 261 g/mol. The first-order valence-corrected chi connectivity index (χ1v) is 6.39. The van der Waals surface area contributed by atoms with Crippen molar-refractivity contribution in [2.45, 2.75) is 25.3 Å². The molecule has 2 rings (SSSR count). The van der Waals surface area contributed by atoms with E-state index in [0.717, 1.165) is 18.9 Å². The smallest absolute Gasteiger partial charge is 0.340 e. The third kappa shape index (κ3) is 2.82. The Labute approximate surface area is 116 Å². The fraction of sp³-hybridized carbons (Fsp3) is 0.429. The van der Waals surface area contributed by atoms with Gasteiger partial charge in [0.1, 0.15) is 5.82 Å². The highest BCUT2D eigenvalue weighted by Gasteiger charge is 2.31. The number of halogens is 1. The average Bonchev–Trinajstić information content (AvgIpc) is 3.25. The third-order valence-corrected chi connectivity index (χ3v) is 3.29. The third-order valence-electron chi connectivity index (χ3n) is 3.29. The lowest BCUT2D eigenvalue weighted by molar-refractivity contribution is 0.0602. The predicted octanol–water partition coefficient (Wildman–Crippen LogP) is 2.08. The Kier molecular flexibility index (Phi) is 4.08. The zero-order chi connectivity index (χ0) is 14.7. The van der Waals surface area contributed by atoms with Gasteiger partial charge in [0.05, 0.1) is 30.9 Å². The standard InChI is InChI=1S/C14H16FN3O2/c1-20-14(19)10-7-13(11(15)8-12(10)17)18(6-2-5-16)9-3-4-9/h7-9H,2-4,6,17H2,1H3. The maximum Gasteiger partial charge on any atom is 0.340 e. The molecule has 1 aliphatic carbocycles. The Hall–Kier alpha value is -2.29. The molecule has 0 saturated heterocycles. The van der Waals surface area contributed by atoms with Crippen LogP contribution < -0.4 is 10.6 Å². The molecule has 106 valence electrons. The Morgan fingerprint density at radius 2 is 2.30 bits per heavy atom. The largest absolute Gasteiger partial charge is 0.465 e. The van der Waals surface area contributed by atoms with Crippen molar-refractivity contribution in [3.8, 4) is 6.07 Å². The van der Waals surface area contributed by atoms with E-state index < -0.39 is 11.8 Å². The van der Waals surface area contributed by atoms with E-state index in [1.54, 1.807) is 0 Å². The molecule has 0 atom stereocenters. The molecule has 20 heavy (non-hydrogen) atoms. The van der Waals surface area contributed by atoms with Gasteiger partial charge in [0.2, 0.25) is 0 Å². The molecule has 1 aromatic carbocycles. The van der Waals surface area contributed by atoms with Crippen LogP contribution in [0.2, 0.25) is 0 Å². The molecular formula is C14H16FN3O2. The van der Waals surface area contributed by atoms with E-state index in [9.17, 15) is 9.18 Å². The summed E-state index contributed by atoms with van der Waals surface area (Å²) in [5.74, 6) is -1.08. The van der Waals surface area contributed by atoms with Gasteiger partial charge in [-0.25, -0.2) is 9.18 Å². The van der Waals surface area contributed by atoms with Gasteiger partial charge in [0.25, 0.3) is 0 Å². The van der Waals surface area contributed by atoms with Crippen LogP contribution in [0.3, 0.4) is 0 Å². The van der Waals surface area contributed by atoms with Gasteiger partial charge in [0, 0.05) is 18.3 Å². The molecule has 6 heteroatoms. The van der Waals surface area contributed by atoms with Gasteiger partial charge < -0.3 is 15.4 Å². The first kappa shape index (κ1) is 14.1. The highest BCUT2D eigenvalue weighted by molar-refractivity contribution is 5.96. The molecule has 1 aliphatic rings. The lowest BCUT2D eigenvalue weighted by atomic mass is 10.1. The Balaban J connectivity index is 2.38. The van der Waals surface area contributed by atoms with Gasteiger partial charge in [-0.1, -0.05) is 0 Å². The zero-order valence-corrected chi connectivity index (χ0v) is 11.2. The van der Waals surface area contributed by atoms with Crippen LogP contribution >= 0.6 is 0 Å². The van der Waals surface area contributed by atoms with Crippen LogP contribution in [-0.4, -0.2) is 25.7 Å². The number of anilines is 2. The number of nitriles is 1. The van der Waals surface area contributed by atoms with E-state index in [4.69, 9.17) is 11.0 Å². The molecule has 1 fully saturated rings. The van der Waals surface area contributed by atoms with E-state index in [1.165, 1.54) is 13.2 Å². The second kappa shape index (κ2) is 5.78. The van der Waals surface area contributed by atoms with E-state index in [0.29, 0.717) is 18.7 Å². The van der Waals surface area contributed by atoms with Gasteiger partial charge in [-0.05, 0) is 25.0 Å². The first-order valence-electron chi connectivity index (χ1n) is 6.39. The molecule has 0 aliphatic heterocycles. The van der Waals surface area contributed by atoms with Crippen LogP contribution in [0.1, 0.15) is 29.6 Å². The Bertz CT molecular complexity index is 564. The van der Waals surface area contributed by atoms with Crippen molar-refractivity contribution in [1.29, 1.82) is 5.26 Å². The highest BCUT2D eigenvalue weighted by Crippen LogP contribution is 2.35. The summed E-state index contributed by atoms with van der Waals surface area (Å²) in [4.78, 5) is 13.4. The summed E-state index contributed by atoms with van der Waals surface area (Å²) in [5, 5.41) is 8.69. The number of hydrogen-bond donors (Lipinski definition) is 1. The molecule has 2 N–H and O–H groups in total. The lowest BCUT2D eigenvalue weighted by Gasteiger charge is -2.25. The molecule has 1 saturated carbocycles. The molecule has 0 radical (unpaired) electrons. The van der Waals surface area contributed by atoms with E-state index in [2.05, 4.69) is 4.74 Å². The quantitative estimate of drug-likeness (QED) is 0.658. The van der Waals surface area contributed by atoms with Gasteiger partial charge >= 0.3 is 5.97 Å². The molecule has 1 aromatic rings. The maximum absolute atomic E-state index is 14.1. The molecule has 5 nitrogen and oxygen atoms in total. The lowest BCUT2D eigenvalue weighted by Crippen LogP contribution is -2.28. The van der Waals surface area contributed by atoms with Gasteiger partial charge in [-0.2, -0.15) is 5.26 Å². The highest BCUT2D eigenvalue weighted by atomic mass is 19.1. The summed E-state index contributed by atoms with van der Waals surface area (Å²) >= 11 is 0. The van der Waals surface area contributed by atoms with Crippen LogP contribution in [0.5, 0.6) is 0 Å².